The Morgan fingerprint density at radius 2 is 2.60 bits per heavy atom. The molecule has 1 fully saturated rings. The highest BCUT2D eigenvalue weighted by atomic mass is 32.2. The SMILES string of the molecule is CSC(=C[N+](=O)[O-])NCCC1CCOC1. The van der Waals surface area contributed by atoms with Crippen molar-refractivity contribution in [2.24, 2.45) is 5.92 Å². The van der Waals surface area contributed by atoms with Gasteiger partial charge in [-0.3, -0.25) is 10.1 Å². The van der Waals surface area contributed by atoms with Crippen LogP contribution in [0.15, 0.2) is 11.2 Å². The van der Waals surface area contributed by atoms with Crippen molar-refractivity contribution in [3.05, 3.63) is 21.3 Å². The third-order valence-corrected chi connectivity index (χ3v) is 3.01. The van der Waals surface area contributed by atoms with Gasteiger partial charge >= 0.3 is 0 Å². The van der Waals surface area contributed by atoms with Crippen LogP contribution in [0.5, 0.6) is 0 Å². The summed E-state index contributed by atoms with van der Waals surface area (Å²) in [5, 5.41) is 13.9. The van der Waals surface area contributed by atoms with Crippen LogP contribution < -0.4 is 5.32 Å². The van der Waals surface area contributed by atoms with E-state index in [-0.39, 0.29) is 0 Å². The first-order valence-corrected chi connectivity index (χ1v) is 6.15. The van der Waals surface area contributed by atoms with Gasteiger partial charge < -0.3 is 10.1 Å². The molecule has 0 saturated carbocycles. The van der Waals surface area contributed by atoms with Gasteiger partial charge in [-0.2, -0.15) is 0 Å². The molecule has 1 aliphatic heterocycles. The second kappa shape index (κ2) is 6.68. The maximum atomic E-state index is 10.2. The van der Waals surface area contributed by atoms with Crippen molar-refractivity contribution in [3.8, 4) is 0 Å². The lowest BCUT2D eigenvalue weighted by molar-refractivity contribution is -0.403. The van der Waals surface area contributed by atoms with Crippen molar-refractivity contribution in [2.45, 2.75) is 12.8 Å². The van der Waals surface area contributed by atoms with E-state index in [9.17, 15) is 10.1 Å². The van der Waals surface area contributed by atoms with Crippen LogP contribution in [-0.2, 0) is 4.74 Å². The molecule has 0 amide bonds. The molecule has 0 aliphatic carbocycles. The van der Waals surface area contributed by atoms with Gasteiger partial charge in [0, 0.05) is 19.8 Å². The Bertz CT molecular complexity index is 240. The molecule has 1 N–H and O–H groups in total. The number of nitro groups is 1. The predicted octanol–water partition coefficient (Wildman–Crippen LogP) is 1.44. The van der Waals surface area contributed by atoms with Crippen molar-refractivity contribution in [1.29, 1.82) is 0 Å². The van der Waals surface area contributed by atoms with Crippen molar-refractivity contribution >= 4 is 11.8 Å². The predicted molar refractivity (Wildman–Crippen MR) is 60.1 cm³/mol. The summed E-state index contributed by atoms with van der Waals surface area (Å²) >= 11 is 1.36. The molecule has 1 saturated heterocycles. The van der Waals surface area contributed by atoms with Crippen LogP contribution in [-0.4, -0.2) is 30.9 Å². The van der Waals surface area contributed by atoms with Gasteiger partial charge in [0.15, 0.2) is 0 Å². The molecule has 86 valence electrons. The van der Waals surface area contributed by atoms with E-state index in [1.807, 2.05) is 6.26 Å². The van der Waals surface area contributed by atoms with E-state index in [0.717, 1.165) is 38.8 Å². The van der Waals surface area contributed by atoms with Crippen molar-refractivity contribution < 1.29 is 9.66 Å². The molecule has 5 nitrogen and oxygen atoms in total. The average Bonchev–Trinajstić information content (AvgIpc) is 2.68. The topological polar surface area (TPSA) is 64.4 Å². The molecule has 0 radical (unpaired) electrons. The van der Waals surface area contributed by atoms with Crippen LogP contribution in [0.1, 0.15) is 12.8 Å². The van der Waals surface area contributed by atoms with Gasteiger partial charge in [-0.25, -0.2) is 0 Å². The Hall–Kier alpha value is -0.750. The lowest BCUT2D eigenvalue weighted by Crippen LogP contribution is -2.17. The summed E-state index contributed by atoms with van der Waals surface area (Å²) in [7, 11) is 0. The molecule has 0 aromatic heterocycles. The lowest BCUT2D eigenvalue weighted by Gasteiger charge is -2.09. The van der Waals surface area contributed by atoms with E-state index >= 15 is 0 Å². The van der Waals surface area contributed by atoms with Gasteiger partial charge in [0.2, 0.25) is 0 Å². The Kier molecular flexibility index (Phi) is 5.49. The molecule has 0 bridgehead atoms. The number of nitrogens with one attached hydrogen (secondary N) is 1. The fourth-order valence-corrected chi connectivity index (χ4v) is 1.91. The zero-order valence-corrected chi connectivity index (χ0v) is 9.59. The highest BCUT2D eigenvalue weighted by molar-refractivity contribution is 8.02. The zero-order chi connectivity index (χ0) is 11.1. The van der Waals surface area contributed by atoms with E-state index in [2.05, 4.69) is 5.32 Å². The minimum Gasteiger partial charge on any atom is -0.381 e. The van der Waals surface area contributed by atoms with E-state index in [0.29, 0.717) is 10.9 Å². The molecule has 1 aliphatic rings. The number of hydrogen-bond acceptors (Lipinski definition) is 5. The summed E-state index contributed by atoms with van der Waals surface area (Å²) < 4.78 is 5.25. The van der Waals surface area contributed by atoms with Crippen LogP contribution in [0, 0.1) is 16.0 Å². The fourth-order valence-electron chi connectivity index (χ4n) is 1.48. The molecule has 1 heterocycles. The summed E-state index contributed by atoms with van der Waals surface area (Å²) in [5.41, 5.74) is 0. The number of nitrogens with zero attached hydrogens (tertiary/aromatic N) is 1. The second-order valence-corrected chi connectivity index (χ2v) is 4.28. The Morgan fingerprint density at radius 3 is 3.13 bits per heavy atom. The first-order valence-electron chi connectivity index (χ1n) is 4.93. The summed E-state index contributed by atoms with van der Waals surface area (Å²) in [4.78, 5) is 9.81. The van der Waals surface area contributed by atoms with Crippen molar-refractivity contribution in [1.82, 2.24) is 5.32 Å². The summed E-state index contributed by atoms with van der Waals surface area (Å²) in [6.07, 6.45) is 4.95. The van der Waals surface area contributed by atoms with Gasteiger partial charge in [-0.1, -0.05) is 0 Å². The summed E-state index contributed by atoms with van der Waals surface area (Å²) in [6, 6.07) is 0. The normalized spacial score (nSPS) is 21.7. The maximum absolute atomic E-state index is 10.2. The van der Waals surface area contributed by atoms with Crippen LogP contribution >= 0.6 is 11.8 Å². The van der Waals surface area contributed by atoms with Gasteiger partial charge in [0.1, 0.15) is 5.03 Å². The van der Waals surface area contributed by atoms with Crippen LogP contribution in [0.4, 0.5) is 0 Å². The van der Waals surface area contributed by atoms with Crippen molar-refractivity contribution in [3.63, 3.8) is 0 Å². The van der Waals surface area contributed by atoms with E-state index < -0.39 is 4.92 Å². The van der Waals surface area contributed by atoms with E-state index in [1.165, 1.54) is 11.8 Å². The minimum atomic E-state index is -0.433. The Balaban J connectivity index is 2.19. The van der Waals surface area contributed by atoms with Crippen LogP contribution in [0.25, 0.3) is 0 Å². The second-order valence-electron chi connectivity index (χ2n) is 3.43. The molecule has 0 aromatic carbocycles. The number of hydrogen-bond donors (Lipinski definition) is 1. The van der Waals surface area contributed by atoms with Gasteiger partial charge in [0.05, 0.1) is 4.92 Å². The average molecular weight is 232 g/mol. The highest BCUT2D eigenvalue weighted by Crippen LogP contribution is 2.16. The largest absolute Gasteiger partial charge is 0.381 e. The van der Waals surface area contributed by atoms with E-state index in [1.54, 1.807) is 0 Å². The molecule has 15 heavy (non-hydrogen) atoms. The summed E-state index contributed by atoms with van der Waals surface area (Å²) in [5.74, 6) is 0.608. The van der Waals surface area contributed by atoms with Gasteiger partial charge in [-0.05, 0) is 25.0 Å². The number of rotatable bonds is 6. The molecule has 1 rings (SSSR count). The maximum Gasteiger partial charge on any atom is 0.263 e. The molecule has 0 aromatic rings. The molecule has 1 atom stereocenters. The first-order chi connectivity index (χ1) is 7.22. The lowest BCUT2D eigenvalue weighted by atomic mass is 10.1. The standard InChI is InChI=1S/C9H16N2O3S/c1-15-9(6-11(12)13)10-4-2-8-3-5-14-7-8/h6,8,10H,2-5,7H2,1H3. The number of thioether (sulfide) groups is 1. The molecular formula is C9H16N2O3S. The van der Waals surface area contributed by atoms with Crippen LogP contribution in [0.3, 0.4) is 0 Å². The molecule has 6 heteroatoms. The monoisotopic (exact) mass is 232 g/mol. The zero-order valence-electron chi connectivity index (χ0n) is 8.77. The third-order valence-electron chi connectivity index (χ3n) is 2.32. The molecular weight excluding hydrogens is 216 g/mol. The highest BCUT2D eigenvalue weighted by Gasteiger charge is 2.14. The van der Waals surface area contributed by atoms with Gasteiger partial charge in [-0.15, -0.1) is 11.8 Å². The smallest absolute Gasteiger partial charge is 0.263 e. The Labute approximate surface area is 93.4 Å². The number of ether oxygens (including phenoxy) is 1. The first kappa shape index (κ1) is 12.3. The van der Waals surface area contributed by atoms with Crippen molar-refractivity contribution in [2.75, 3.05) is 26.0 Å². The van der Waals surface area contributed by atoms with Crippen LogP contribution in [0.2, 0.25) is 0 Å². The third kappa shape index (κ3) is 5.03. The fraction of sp³-hybridized carbons (Fsp3) is 0.778. The van der Waals surface area contributed by atoms with E-state index in [4.69, 9.17) is 4.74 Å². The quantitative estimate of drug-likeness (QED) is 0.554. The minimum absolute atomic E-state index is 0.433. The van der Waals surface area contributed by atoms with Gasteiger partial charge in [0.25, 0.3) is 6.20 Å². The molecule has 0 spiro atoms. The molecule has 1 unspecified atom stereocenters. The summed E-state index contributed by atoms with van der Waals surface area (Å²) in [6.45, 7) is 2.45. The Morgan fingerprint density at radius 1 is 1.80 bits per heavy atom.